The van der Waals surface area contributed by atoms with Gasteiger partial charge in [0.1, 0.15) is 17.5 Å². The Morgan fingerprint density at radius 2 is 1.78 bits per heavy atom. The van der Waals surface area contributed by atoms with Gasteiger partial charge in [-0.3, -0.25) is 10.3 Å². The number of nitrogens with zero attached hydrogens (tertiary/aromatic N) is 1. The number of carbonyl (C=O) groups excluding carboxylic acids is 1. The van der Waals surface area contributed by atoms with Gasteiger partial charge in [0.2, 0.25) is 0 Å². The lowest BCUT2D eigenvalue weighted by Gasteiger charge is -2.25. The molecule has 1 aliphatic rings. The monoisotopic (exact) mass is 315 g/mol. The first-order chi connectivity index (χ1) is 11.0. The van der Waals surface area contributed by atoms with Crippen molar-refractivity contribution in [1.29, 1.82) is 5.41 Å². The molecular weight excluding hydrogens is 300 g/mol. The van der Waals surface area contributed by atoms with Gasteiger partial charge in [-0.15, -0.1) is 0 Å². The van der Waals surface area contributed by atoms with Gasteiger partial charge in [-0.2, -0.15) is 0 Å². The maximum atomic E-state index is 13.4. The molecule has 0 spiro atoms. The van der Waals surface area contributed by atoms with Crippen molar-refractivity contribution in [3.63, 3.8) is 0 Å². The van der Waals surface area contributed by atoms with Crippen molar-refractivity contribution in [2.45, 2.75) is 18.9 Å². The number of amidine groups is 1. The Bertz CT molecular complexity index is 729. The summed E-state index contributed by atoms with van der Waals surface area (Å²) < 4.78 is 26.9. The van der Waals surface area contributed by atoms with Crippen LogP contribution in [-0.2, 0) is 0 Å². The molecule has 2 amide bonds. The van der Waals surface area contributed by atoms with Gasteiger partial charge in [0, 0.05) is 18.2 Å². The molecule has 4 nitrogen and oxygen atoms in total. The van der Waals surface area contributed by atoms with Crippen LogP contribution in [0.2, 0.25) is 0 Å². The third kappa shape index (κ3) is 3.21. The summed E-state index contributed by atoms with van der Waals surface area (Å²) in [6.45, 7) is 0. The Balaban J connectivity index is 1.86. The quantitative estimate of drug-likeness (QED) is 0.852. The summed E-state index contributed by atoms with van der Waals surface area (Å²) >= 11 is 0. The fourth-order valence-electron chi connectivity index (χ4n) is 2.76. The molecule has 1 unspecified atom stereocenters. The summed E-state index contributed by atoms with van der Waals surface area (Å²) in [6, 6.07) is 11.0. The molecule has 6 heteroatoms. The number of carbonyl (C=O) groups is 1. The van der Waals surface area contributed by atoms with Crippen LogP contribution < -0.4 is 5.32 Å². The van der Waals surface area contributed by atoms with Crippen LogP contribution in [-0.4, -0.2) is 16.8 Å². The Kier molecular flexibility index (Phi) is 4.06. The molecule has 1 saturated heterocycles. The zero-order valence-corrected chi connectivity index (χ0v) is 12.2. The molecule has 2 aromatic carbocycles. The molecule has 1 atom stereocenters. The number of urea groups is 1. The lowest BCUT2D eigenvalue weighted by molar-refractivity contribution is 0.225. The van der Waals surface area contributed by atoms with Crippen molar-refractivity contribution < 1.29 is 13.6 Å². The molecule has 1 heterocycles. The number of halogens is 2. The van der Waals surface area contributed by atoms with Gasteiger partial charge in [0.05, 0.1) is 6.04 Å². The van der Waals surface area contributed by atoms with Crippen LogP contribution in [0.3, 0.4) is 0 Å². The van der Waals surface area contributed by atoms with E-state index in [1.807, 2.05) is 6.07 Å². The molecule has 3 rings (SSSR count). The second-order valence-corrected chi connectivity index (χ2v) is 5.37. The maximum absolute atomic E-state index is 13.4. The lowest BCUT2D eigenvalue weighted by Crippen LogP contribution is -2.37. The van der Waals surface area contributed by atoms with Gasteiger partial charge in [-0.05, 0) is 36.2 Å². The van der Waals surface area contributed by atoms with Gasteiger partial charge < -0.3 is 5.32 Å². The van der Waals surface area contributed by atoms with Crippen LogP contribution in [0.1, 0.15) is 24.4 Å². The number of nitrogens with one attached hydrogen (secondary N) is 2. The van der Waals surface area contributed by atoms with E-state index in [-0.39, 0.29) is 5.84 Å². The number of amides is 2. The van der Waals surface area contributed by atoms with Gasteiger partial charge in [-0.25, -0.2) is 13.6 Å². The second-order valence-electron chi connectivity index (χ2n) is 5.37. The fraction of sp³-hybridized carbons (Fsp3) is 0.176. The van der Waals surface area contributed by atoms with Crippen LogP contribution in [0.15, 0.2) is 48.5 Å². The van der Waals surface area contributed by atoms with E-state index in [1.54, 1.807) is 24.3 Å². The number of para-hydroxylation sites is 1. The largest absolute Gasteiger partial charge is 0.327 e. The van der Waals surface area contributed by atoms with Crippen LogP contribution in [0.4, 0.5) is 19.3 Å². The zero-order chi connectivity index (χ0) is 16.4. The smallest absolute Gasteiger partial charge is 0.307 e. The van der Waals surface area contributed by atoms with Gasteiger partial charge in [0.25, 0.3) is 0 Å². The molecule has 0 saturated carbocycles. The van der Waals surface area contributed by atoms with Crippen molar-refractivity contribution in [3.8, 4) is 0 Å². The van der Waals surface area contributed by atoms with E-state index < -0.39 is 23.7 Å². The minimum atomic E-state index is -0.693. The summed E-state index contributed by atoms with van der Waals surface area (Å²) in [4.78, 5) is 13.7. The minimum absolute atomic E-state index is 0.133. The summed E-state index contributed by atoms with van der Waals surface area (Å²) in [5.74, 6) is -1.25. The number of likely N-dealkylation sites (tertiary alicyclic amines) is 1. The maximum Gasteiger partial charge on any atom is 0.327 e. The first-order valence-electron chi connectivity index (χ1n) is 7.23. The number of rotatable bonds is 2. The number of hydrogen-bond acceptors (Lipinski definition) is 2. The van der Waals surface area contributed by atoms with E-state index >= 15 is 0 Å². The van der Waals surface area contributed by atoms with Gasteiger partial charge in [-0.1, -0.05) is 18.2 Å². The number of benzene rings is 2. The molecule has 2 aromatic rings. The predicted octanol–water partition coefficient (Wildman–Crippen LogP) is 4.31. The standard InChI is InChI=1S/C17H15F2N3O/c18-12-8-11(9-13(19)10-12)15-6-7-16(20)22(15)17(23)21-14-4-2-1-3-5-14/h1-5,8-10,15,20H,6-7H2,(H,21,23). The molecule has 1 aliphatic heterocycles. The Morgan fingerprint density at radius 3 is 2.43 bits per heavy atom. The first-order valence-corrected chi connectivity index (χ1v) is 7.23. The Labute approximate surface area is 132 Å². The molecule has 2 N–H and O–H groups in total. The van der Waals surface area contributed by atoms with E-state index in [4.69, 9.17) is 5.41 Å². The highest BCUT2D eigenvalue weighted by atomic mass is 19.1. The molecule has 0 radical (unpaired) electrons. The summed E-state index contributed by atoms with van der Waals surface area (Å²) in [5, 5.41) is 10.7. The molecule has 1 fully saturated rings. The van der Waals surface area contributed by atoms with Crippen molar-refractivity contribution in [2.24, 2.45) is 0 Å². The lowest BCUT2D eigenvalue weighted by atomic mass is 10.0. The van der Waals surface area contributed by atoms with Crippen molar-refractivity contribution in [1.82, 2.24) is 4.90 Å². The third-order valence-corrected chi connectivity index (χ3v) is 3.77. The normalized spacial score (nSPS) is 17.4. The van der Waals surface area contributed by atoms with Crippen molar-refractivity contribution in [2.75, 3.05) is 5.32 Å². The van der Waals surface area contributed by atoms with Crippen LogP contribution in [0, 0.1) is 17.0 Å². The Morgan fingerprint density at radius 1 is 1.13 bits per heavy atom. The highest BCUT2D eigenvalue weighted by Crippen LogP contribution is 2.34. The topological polar surface area (TPSA) is 56.2 Å². The van der Waals surface area contributed by atoms with Crippen molar-refractivity contribution in [3.05, 3.63) is 65.7 Å². The average Bonchev–Trinajstić information content (AvgIpc) is 2.89. The van der Waals surface area contributed by atoms with Crippen LogP contribution >= 0.6 is 0 Å². The highest BCUT2D eigenvalue weighted by Gasteiger charge is 2.35. The molecule has 0 aliphatic carbocycles. The minimum Gasteiger partial charge on any atom is -0.307 e. The van der Waals surface area contributed by atoms with Crippen LogP contribution in [0.25, 0.3) is 0 Å². The number of anilines is 1. The molecule has 118 valence electrons. The highest BCUT2D eigenvalue weighted by molar-refractivity contribution is 6.03. The number of hydrogen-bond donors (Lipinski definition) is 2. The third-order valence-electron chi connectivity index (χ3n) is 3.77. The average molecular weight is 315 g/mol. The van der Waals surface area contributed by atoms with E-state index in [0.29, 0.717) is 24.1 Å². The summed E-state index contributed by atoms with van der Waals surface area (Å²) in [7, 11) is 0. The van der Waals surface area contributed by atoms with Gasteiger partial charge >= 0.3 is 6.03 Å². The van der Waals surface area contributed by atoms with Gasteiger partial charge in [0.15, 0.2) is 0 Å². The van der Waals surface area contributed by atoms with E-state index in [2.05, 4.69) is 5.32 Å². The van der Waals surface area contributed by atoms with Crippen LogP contribution in [0.5, 0.6) is 0 Å². The van der Waals surface area contributed by atoms with E-state index in [0.717, 1.165) is 6.07 Å². The fourth-order valence-corrected chi connectivity index (χ4v) is 2.76. The molecule has 23 heavy (non-hydrogen) atoms. The van der Waals surface area contributed by atoms with Crippen molar-refractivity contribution >= 4 is 17.6 Å². The summed E-state index contributed by atoms with van der Waals surface area (Å²) in [5.41, 5.74) is 0.953. The SMILES string of the molecule is N=C1CCC(c2cc(F)cc(F)c2)N1C(=O)Nc1ccccc1. The molecular formula is C17H15F2N3O. The molecule has 0 bridgehead atoms. The second kappa shape index (κ2) is 6.16. The Hall–Kier alpha value is -2.76. The zero-order valence-electron chi connectivity index (χ0n) is 12.2. The van der Waals surface area contributed by atoms with E-state index in [9.17, 15) is 13.6 Å². The van der Waals surface area contributed by atoms with E-state index in [1.165, 1.54) is 17.0 Å². The first kappa shape index (κ1) is 15.1. The molecule has 0 aromatic heterocycles. The summed E-state index contributed by atoms with van der Waals surface area (Å²) in [6.07, 6.45) is 0.842. The predicted molar refractivity (Wildman–Crippen MR) is 83.4 cm³/mol.